The highest BCUT2D eigenvalue weighted by atomic mass is 16.7. The molecule has 2 unspecified atom stereocenters. The van der Waals surface area contributed by atoms with Crippen LogP contribution in [0.1, 0.15) is 26.2 Å². The van der Waals surface area contributed by atoms with Crippen LogP contribution < -0.4 is 10.4 Å². The van der Waals surface area contributed by atoms with Crippen molar-refractivity contribution in [3.8, 4) is 5.88 Å². The molecule has 0 N–H and O–H groups in total. The first-order chi connectivity index (χ1) is 9.19. The van der Waals surface area contributed by atoms with Crippen molar-refractivity contribution in [3.05, 3.63) is 22.7 Å². The molecule has 1 saturated heterocycles. The Hall–Kier alpha value is -1.40. The predicted octanol–water partition coefficient (Wildman–Crippen LogP) is 1.18. The second-order valence-corrected chi connectivity index (χ2v) is 4.65. The van der Waals surface area contributed by atoms with E-state index in [-0.39, 0.29) is 18.1 Å². The predicted molar refractivity (Wildman–Crippen MR) is 69.2 cm³/mol. The molecule has 0 spiro atoms. The summed E-state index contributed by atoms with van der Waals surface area (Å²) in [6.07, 6.45) is 4.55. The fourth-order valence-corrected chi connectivity index (χ4v) is 2.06. The Morgan fingerprint density at radius 3 is 3.05 bits per heavy atom. The number of aromatic nitrogens is 2. The third kappa shape index (κ3) is 4.04. The summed E-state index contributed by atoms with van der Waals surface area (Å²) in [4.78, 5) is 15.5. The maximum absolute atomic E-state index is 11.7. The maximum atomic E-state index is 11.7. The molecular weight excluding hydrogens is 248 g/mol. The van der Waals surface area contributed by atoms with Crippen molar-refractivity contribution in [1.29, 1.82) is 0 Å². The summed E-state index contributed by atoms with van der Waals surface area (Å²) in [6.45, 7) is 3.13. The van der Waals surface area contributed by atoms with Crippen LogP contribution in [-0.4, -0.2) is 35.7 Å². The van der Waals surface area contributed by atoms with Crippen LogP contribution in [0.4, 0.5) is 0 Å². The largest absolute Gasteiger partial charge is 0.481 e. The van der Waals surface area contributed by atoms with Gasteiger partial charge in [0.15, 0.2) is 6.29 Å². The van der Waals surface area contributed by atoms with Crippen LogP contribution in [0.25, 0.3) is 0 Å². The molecule has 1 aliphatic heterocycles. The minimum atomic E-state index is -0.334. The molecule has 2 atom stereocenters. The Morgan fingerprint density at radius 1 is 1.58 bits per heavy atom. The highest BCUT2D eigenvalue weighted by Crippen LogP contribution is 2.15. The number of ether oxygens (including phenoxy) is 3. The van der Waals surface area contributed by atoms with Crippen LogP contribution in [0, 0.1) is 0 Å². The van der Waals surface area contributed by atoms with Crippen LogP contribution in [0.3, 0.4) is 0 Å². The van der Waals surface area contributed by atoms with E-state index in [1.54, 1.807) is 12.3 Å². The number of rotatable bonds is 5. The van der Waals surface area contributed by atoms with Crippen molar-refractivity contribution >= 4 is 0 Å². The van der Waals surface area contributed by atoms with Crippen molar-refractivity contribution in [2.24, 2.45) is 0 Å². The van der Waals surface area contributed by atoms with Crippen molar-refractivity contribution in [2.75, 3.05) is 13.7 Å². The van der Waals surface area contributed by atoms with Gasteiger partial charge in [-0.2, -0.15) is 4.98 Å². The lowest BCUT2D eigenvalue weighted by atomic mass is 10.2. The first-order valence-electron chi connectivity index (χ1n) is 6.57. The molecule has 1 aliphatic rings. The van der Waals surface area contributed by atoms with E-state index in [1.807, 2.05) is 6.92 Å². The molecule has 19 heavy (non-hydrogen) atoms. The molecule has 0 bridgehead atoms. The minimum absolute atomic E-state index is 0.101. The van der Waals surface area contributed by atoms with Crippen LogP contribution in [0.15, 0.2) is 17.1 Å². The van der Waals surface area contributed by atoms with Gasteiger partial charge in [0.2, 0.25) is 5.88 Å². The quantitative estimate of drug-likeness (QED) is 0.802. The highest BCUT2D eigenvalue weighted by Gasteiger charge is 2.17. The Balaban J connectivity index is 1.90. The molecule has 6 heteroatoms. The van der Waals surface area contributed by atoms with E-state index in [0.29, 0.717) is 12.4 Å². The number of nitrogens with zero attached hydrogens (tertiary/aromatic N) is 2. The van der Waals surface area contributed by atoms with Gasteiger partial charge in [-0.05, 0) is 26.2 Å². The van der Waals surface area contributed by atoms with E-state index in [4.69, 9.17) is 14.2 Å². The van der Waals surface area contributed by atoms with Crippen LogP contribution in [0.5, 0.6) is 5.88 Å². The van der Waals surface area contributed by atoms with Gasteiger partial charge in [-0.3, -0.25) is 4.57 Å². The first kappa shape index (κ1) is 14.0. The normalized spacial score (nSPS) is 21.1. The lowest BCUT2D eigenvalue weighted by molar-refractivity contribution is -0.186. The number of hydrogen-bond donors (Lipinski definition) is 0. The molecule has 0 amide bonds. The smallest absolute Gasteiger partial charge is 0.350 e. The zero-order valence-electron chi connectivity index (χ0n) is 11.4. The monoisotopic (exact) mass is 268 g/mol. The van der Waals surface area contributed by atoms with Gasteiger partial charge in [0.25, 0.3) is 0 Å². The topological polar surface area (TPSA) is 62.6 Å². The molecule has 0 radical (unpaired) electrons. The number of hydrogen-bond acceptors (Lipinski definition) is 5. The lowest BCUT2D eigenvalue weighted by Gasteiger charge is -2.26. The van der Waals surface area contributed by atoms with Gasteiger partial charge in [0.1, 0.15) is 0 Å². The molecular formula is C13H20N2O4. The second-order valence-electron chi connectivity index (χ2n) is 4.65. The zero-order valence-corrected chi connectivity index (χ0v) is 11.4. The summed E-state index contributed by atoms with van der Waals surface area (Å²) in [7, 11) is 1.48. The van der Waals surface area contributed by atoms with Crippen molar-refractivity contribution in [1.82, 2.24) is 9.55 Å². The standard InChI is InChI=1S/C13H20N2O4/c1-10(19-12-5-3-4-8-18-12)9-15-7-6-11(17-2)14-13(15)16/h6-7,10,12H,3-5,8-9H2,1-2H3. The van der Waals surface area contributed by atoms with E-state index in [1.165, 1.54) is 11.7 Å². The molecule has 0 saturated carbocycles. The fourth-order valence-electron chi connectivity index (χ4n) is 2.06. The van der Waals surface area contributed by atoms with Crippen molar-refractivity contribution in [3.63, 3.8) is 0 Å². The van der Waals surface area contributed by atoms with Crippen LogP contribution in [-0.2, 0) is 16.0 Å². The number of methoxy groups -OCH3 is 1. The second kappa shape index (κ2) is 6.68. The summed E-state index contributed by atoms with van der Waals surface area (Å²) in [5.41, 5.74) is -0.334. The highest BCUT2D eigenvalue weighted by molar-refractivity contribution is 5.05. The molecule has 1 fully saturated rings. The fraction of sp³-hybridized carbons (Fsp3) is 0.692. The third-order valence-corrected chi connectivity index (χ3v) is 3.03. The maximum Gasteiger partial charge on any atom is 0.350 e. The Bertz CT molecular complexity index is 454. The zero-order chi connectivity index (χ0) is 13.7. The molecule has 1 aromatic heterocycles. The summed E-state index contributed by atoms with van der Waals surface area (Å²) in [5, 5.41) is 0. The van der Waals surface area contributed by atoms with Gasteiger partial charge in [0.05, 0.1) is 19.8 Å². The average molecular weight is 268 g/mol. The lowest BCUT2D eigenvalue weighted by Crippen LogP contribution is -2.32. The Labute approximate surface area is 112 Å². The molecule has 6 nitrogen and oxygen atoms in total. The summed E-state index contributed by atoms with van der Waals surface area (Å²) < 4.78 is 17.7. The molecule has 2 rings (SSSR count). The first-order valence-corrected chi connectivity index (χ1v) is 6.57. The van der Waals surface area contributed by atoms with Gasteiger partial charge in [0, 0.05) is 18.9 Å². The molecule has 0 aromatic carbocycles. The van der Waals surface area contributed by atoms with E-state index in [9.17, 15) is 4.79 Å². The van der Waals surface area contributed by atoms with Crippen molar-refractivity contribution < 1.29 is 14.2 Å². The Kier molecular flexibility index (Phi) is 4.93. The van der Waals surface area contributed by atoms with Gasteiger partial charge in [-0.1, -0.05) is 0 Å². The molecule has 2 heterocycles. The van der Waals surface area contributed by atoms with Gasteiger partial charge in [-0.25, -0.2) is 4.79 Å². The minimum Gasteiger partial charge on any atom is -0.481 e. The Morgan fingerprint density at radius 2 is 2.42 bits per heavy atom. The van der Waals surface area contributed by atoms with Crippen LogP contribution >= 0.6 is 0 Å². The average Bonchev–Trinajstić information content (AvgIpc) is 2.42. The molecule has 1 aromatic rings. The molecule has 0 aliphatic carbocycles. The van der Waals surface area contributed by atoms with Crippen LogP contribution in [0.2, 0.25) is 0 Å². The van der Waals surface area contributed by atoms with Gasteiger partial charge >= 0.3 is 5.69 Å². The van der Waals surface area contributed by atoms with E-state index in [2.05, 4.69) is 4.98 Å². The summed E-state index contributed by atoms with van der Waals surface area (Å²) in [6, 6.07) is 1.66. The van der Waals surface area contributed by atoms with E-state index >= 15 is 0 Å². The van der Waals surface area contributed by atoms with Gasteiger partial charge < -0.3 is 14.2 Å². The molecule has 106 valence electrons. The van der Waals surface area contributed by atoms with Crippen molar-refractivity contribution in [2.45, 2.75) is 45.1 Å². The summed E-state index contributed by atoms with van der Waals surface area (Å²) >= 11 is 0. The SMILES string of the molecule is COc1ccn(CC(C)OC2CCCCO2)c(=O)n1. The third-order valence-electron chi connectivity index (χ3n) is 3.03. The van der Waals surface area contributed by atoms with Gasteiger partial charge in [-0.15, -0.1) is 0 Å². The summed E-state index contributed by atoms with van der Waals surface area (Å²) in [5.74, 6) is 0.324. The van der Waals surface area contributed by atoms with E-state index in [0.717, 1.165) is 25.9 Å². The van der Waals surface area contributed by atoms with E-state index < -0.39 is 0 Å².